The van der Waals surface area contributed by atoms with Crippen molar-refractivity contribution in [2.75, 3.05) is 31.7 Å². The fourth-order valence-corrected chi connectivity index (χ4v) is 4.43. The van der Waals surface area contributed by atoms with Crippen molar-refractivity contribution < 1.29 is 14.3 Å². The van der Waals surface area contributed by atoms with Crippen LogP contribution in [0.3, 0.4) is 0 Å². The lowest BCUT2D eigenvalue weighted by molar-refractivity contribution is -0.138. The van der Waals surface area contributed by atoms with Crippen molar-refractivity contribution in [3.05, 3.63) is 63.1 Å². The quantitative estimate of drug-likeness (QED) is 0.719. The third kappa shape index (κ3) is 3.36. The summed E-state index contributed by atoms with van der Waals surface area (Å²) in [6.45, 7) is 1.25. The highest BCUT2D eigenvalue weighted by Gasteiger charge is 2.34. The molecule has 2 amide bonds. The van der Waals surface area contributed by atoms with E-state index in [0.717, 1.165) is 29.8 Å². The van der Waals surface area contributed by atoms with Crippen LogP contribution in [-0.2, 0) is 20.9 Å². The predicted octanol–water partition coefficient (Wildman–Crippen LogP) is 3.46. The summed E-state index contributed by atoms with van der Waals surface area (Å²) in [5, 5.41) is 1.20. The van der Waals surface area contributed by atoms with Crippen LogP contribution >= 0.6 is 23.2 Å². The van der Waals surface area contributed by atoms with Gasteiger partial charge in [0.25, 0.3) is 11.8 Å². The van der Waals surface area contributed by atoms with Gasteiger partial charge in [0.15, 0.2) is 0 Å². The SMILES string of the molecule is CN1Cc2c(Cl)cc(Cl)cc2C(c2ccccc2N2C(=O)COCC2=O)C1. The number of fused-ring (bicyclic) bond motifs is 1. The Morgan fingerprint density at radius 2 is 1.74 bits per heavy atom. The molecule has 0 saturated carbocycles. The molecule has 1 atom stereocenters. The van der Waals surface area contributed by atoms with Crippen LogP contribution in [0.2, 0.25) is 10.0 Å². The molecule has 2 aromatic carbocycles. The summed E-state index contributed by atoms with van der Waals surface area (Å²) in [7, 11) is 2.02. The van der Waals surface area contributed by atoms with E-state index in [-0.39, 0.29) is 30.9 Å². The lowest BCUT2D eigenvalue weighted by Gasteiger charge is -2.36. The van der Waals surface area contributed by atoms with E-state index in [0.29, 0.717) is 15.7 Å². The number of nitrogens with zero attached hydrogens (tertiary/aromatic N) is 2. The van der Waals surface area contributed by atoms with E-state index in [2.05, 4.69) is 4.90 Å². The number of benzene rings is 2. The molecule has 1 saturated heterocycles. The zero-order chi connectivity index (χ0) is 19.1. The van der Waals surface area contributed by atoms with Gasteiger partial charge >= 0.3 is 0 Å². The first-order chi connectivity index (χ1) is 13.0. The topological polar surface area (TPSA) is 49.9 Å². The predicted molar refractivity (Wildman–Crippen MR) is 104 cm³/mol. The molecule has 0 aromatic heterocycles. The first-order valence-electron chi connectivity index (χ1n) is 8.64. The number of para-hydroxylation sites is 1. The maximum atomic E-state index is 12.4. The molecule has 2 aliphatic rings. The van der Waals surface area contributed by atoms with Gasteiger partial charge in [-0.25, -0.2) is 4.90 Å². The number of likely N-dealkylation sites (N-methyl/N-ethyl adjacent to an activating group) is 1. The van der Waals surface area contributed by atoms with Crippen molar-refractivity contribution in [3.8, 4) is 0 Å². The zero-order valence-electron chi connectivity index (χ0n) is 14.7. The fraction of sp³-hybridized carbons (Fsp3) is 0.300. The van der Waals surface area contributed by atoms with Gasteiger partial charge in [0.2, 0.25) is 0 Å². The molecule has 7 heteroatoms. The summed E-state index contributed by atoms with van der Waals surface area (Å²) in [6.07, 6.45) is 0. The summed E-state index contributed by atoms with van der Waals surface area (Å²) in [6, 6.07) is 11.2. The molecule has 5 nitrogen and oxygen atoms in total. The molecule has 4 rings (SSSR count). The maximum Gasteiger partial charge on any atom is 0.259 e. The van der Waals surface area contributed by atoms with Gasteiger partial charge in [-0.2, -0.15) is 0 Å². The molecule has 0 bridgehead atoms. The molecule has 140 valence electrons. The number of hydrogen-bond acceptors (Lipinski definition) is 4. The van der Waals surface area contributed by atoms with Gasteiger partial charge in [0.1, 0.15) is 13.2 Å². The normalized spacial score (nSPS) is 20.7. The number of amides is 2. The number of imide groups is 1. The Balaban J connectivity index is 1.86. The van der Waals surface area contributed by atoms with Crippen LogP contribution in [0.1, 0.15) is 22.6 Å². The smallest absolute Gasteiger partial charge is 0.259 e. The van der Waals surface area contributed by atoms with Gasteiger partial charge in [-0.15, -0.1) is 0 Å². The summed E-state index contributed by atoms with van der Waals surface area (Å²) >= 11 is 12.7. The fourth-order valence-electron chi connectivity index (χ4n) is 3.86. The van der Waals surface area contributed by atoms with Crippen LogP contribution in [0.5, 0.6) is 0 Å². The molecule has 0 aliphatic carbocycles. The number of carbonyl (C=O) groups is 2. The average molecular weight is 405 g/mol. The standard InChI is InChI=1S/C20H18Cl2N2O3/c1-23-8-15(14-6-12(21)7-17(22)16(14)9-23)13-4-2-3-5-18(13)24-19(25)10-27-11-20(24)26/h2-7,15H,8-11H2,1H3. The molecule has 2 aliphatic heterocycles. The molecular formula is C20H18Cl2N2O3. The van der Waals surface area contributed by atoms with Gasteiger partial charge < -0.3 is 9.64 Å². The van der Waals surface area contributed by atoms with Crippen LogP contribution in [-0.4, -0.2) is 43.5 Å². The van der Waals surface area contributed by atoms with E-state index in [1.807, 2.05) is 31.3 Å². The third-order valence-corrected chi connectivity index (χ3v) is 5.55. The minimum Gasteiger partial charge on any atom is -0.362 e. The molecule has 0 spiro atoms. The van der Waals surface area contributed by atoms with Crippen LogP contribution in [0.25, 0.3) is 0 Å². The van der Waals surface area contributed by atoms with Gasteiger partial charge in [0, 0.05) is 29.1 Å². The van der Waals surface area contributed by atoms with Gasteiger partial charge in [-0.3, -0.25) is 9.59 Å². The minimum absolute atomic E-state index is 0.0606. The monoisotopic (exact) mass is 404 g/mol. The molecule has 27 heavy (non-hydrogen) atoms. The van der Waals surface area contributed by atoms with Gasteiger partial charge in [-0.1, -0.05) is 41.4 Å². The first-order valence-corrected chi connectivity index (χ1v) is 9.40. The summed E-state index contributed by atoms with van der Waals surface area (Å²) in [5.41, 5.74) is 3.55. The van der Waals surface area contributed by atoms with E-state index >= 15 is 0 Å². The number of carbonyl (C=O) groups excluding carboxylic acids is 2. The Morgan fingerprint density at radius 1 is 1.04 bits per heavy atom. The Bertz CT molecular complexity index is 915. The number of hydrogen-bond donors (Lipinski definition) is 0. The second kappa shape index (κ2) is 7.24. The van der Waals surface area contributed by atoms with Crippen LogP contribution in [0, 0.1) is 0 Å². The Kier molecular flexibility index (Phi) is 4.95. The van der Waals surface area contributed by atoms with Crippen molar-refractivity contribution >= 4 is 40.7 Å². The maximum absolute atomic E-state index is 12.4. The minimum atomic E-state index is -0.354. The van der Waals surface area contributed by atoms with Crippen molar-refractivity contribution in [1.82, 2.24) is 4.90 Å². The van der Waals surface area contributed by atoms with Crippen molar-refractivity contribution in [1.29, 1.82) is 0 Å². The number of anilines is 1. The number of ether oxygens (including phenoxy) is 1. The van der Waals surface area contributed by atoms with Crippen molar-refractivity contribution in [2.45, 2.75) is 12.5 Å². The van der Waals surface area contributed by atoms with Crippen molar-refractivity contribution in [2.24, 2.45) is 0 Å². The second-order valence-corrected chi connectivity index (χ2v) is 7.72. The van der Waals surface area contributed by atoms with Crippen molar-refractivity contribution in [3.63, 3.8) is 0 Å². The van der Waals surface area contributed by atoms with Gasteiger partial charge in [0.05, 0.1) is 5.69 Å². The molecule has 0 N–H and O–H groups in total. The second-order valence-electron chi connectivity index (χ2n) is 6.88. The highest BCUT2D eigenvalue weighted by Crippen LogP contribution is 2.41. The summed E-state index contributed by atoms with van der Waals surface area (Å²) in [4.78, 5) is 28.2. The largest absolute Gasteiger partial charge is 0.362 e. The number of morpholine rings is 1. The van der Waals surface area contributed by atoms with E-state index in [1.165, 1.54) is 4.90 Å². The Hall–Kier alpha value is -1.92. The number of halogens is 2. The Morgan fingerprint density at radius 3 is 2.48 bits per heavy atom. The lowest BCUT2D eigenvalue weighted by Crippen LogP contribution is -2.47. The zero-order valence-corrected chi connectivity index (χ0v) is 16.3. The van der Waals surface area contributed by atoms with E-state index in [9.17, 15) is 9.59 Å². The summed E-state index contributed by atoms with van der Waals surface area (Å²) in [5.74, 6) is -0.769. The average Bonchev–Trinajstić information content (AvgIpc) is 2.62. The van der Waals surface area contributed by atoms with Crippen LogP contribution in [0.4, 0.5) is 5.69 Å². The van der Waals surface area contributed by atoms with Crippen LogP contribution < -0.4 is 4.90 Å². The van der Waals surface area contributed by atoms with E-state index in [1.54, 1.807) is 12.1 Å². The Labute approximate surface area is 167 Å². The summed E-state index contributed by atoms with van der Waals surface area (Å²) < 4.78 is 5.05. The first kappa shape index (κ1) is 18.4. The number of rotatable bonds is 2. The highest BCUT2D eigenvalue weighted by molar-refractivity contribution is 6.35. The van der Waals surface area contributed by atoms with Gasteiger partial charge in [-0.05, 0) is 41.9 Å². The molecule has 2 heterocycles. The molecule has 2 aromatic rings. The van der Waals surface area contributed by atoms with E-state index in [4.69, 9.17) is 27.9 Å². The molecule has 0 radical (unpaired) electrons. The van der Waals surface area contributed by atoms with Crippen LogP contribution in [0.15, 0.2) is 36.4 Å². The molecule has 1 fully saturated rings. The highest BCUT2D eigenvalue weighted by atomic mass is 35.5. The third-order valence-electron chi connectivity index (χ3n) is 5.00. The van der Waals surface area contributed by atoms with E-state index < -0.39 is 0 Å². The molecular weight excluding hydrogens is 387 g/mol. The lowest BCUT2D eigenvalue weighted by atomic mass is 9.83. The molecule has 1 unspecified atom stereocenters.